The molecule has 2 aromatic rings. The molecule has 2 N–H and O–H groups in total. The number of hydrogen-bond donors (Lipinski definition) is 1. The number of hydrogen-bond acceptors (Lipinski definition) is 1. The number of rotatable bonds is 1. The predicted molar refractivity (Wildman–Crippen MR) is 58.0 cm³/mol. The maximum atomic E-state index is 5.74. The van der Waals surface area contributed by atoms with Crippen LogP contribution in [0.3, 0.4) is 0 Å². The first-order valence-corrected chi connectivity index (χ1v) is 4.92. The monoisotopic (exact) mass is 235 g/mol. The van der Waals surface area contributed by atoms with Gasteiger partial charge in [0.2, 0.25) is 0 Å². The molecule has 0 spiro atoms. The van der Waals surface area contributed by atoms with E-state index in [2.05, 4.69) is 33.8 Å². The van der Waals surface area contributed by atoms with Crippen LogP contribution < -0.4 is 5.73 Å². The molecule has 0 saturated carbocycles. The molecular formula is C11H9NSe. The van der Waals surface area contributed by atoms with E-state index in [1.165, 1.54) is 10.8 Å². The quantitative estimate of drug-likeness (QED) is 0.742. The van der Waals surface area contributed by atoms with Gasteiger partial charge in [-0.1, -0.05) is 0 Å². The summed E-state index contributed by atoms with van der Waals surface area (Å²) in [5, 5.41) is 2.42. The normalized spacial score (nSPS) is 10.2. The Morgan fingerprint density at radius 3 is 2.46 bits per heavy atom. The summed E-state index contributed by atoms with van der Waals surface area (Å²) in [4.78, 5) is 0. The Morgan fingerprint density at radius 1 is 1.00 bits per heavy atom. The molecule has 0 bridgehead atoms. The molecule has 0 atom stereocenters. The van der Waals surface area contributed by atoms with Gasteiger partial charge < -0.3 is 0 Å². The van der Waals surface area contributed by atoms with Crippen LogP contribution in [0.25, 0.3) is 10.8 Å². The molecular weight excluding hydrogens is 225 g/mol. The molecule has 0 unspecified atom stereocenters. The van der Waals surface area contributed by atoms with Crippen LogP contribution in [0, 0.1) is 0 Å². The second-order valence-electron chi connectivity index (χ2n) is 2.89. The zero-order chi connectivity index (χ0) is 9.26. The van der Waals surface area contributed by atoms with Crippen molar-refractivity contribution >= 4 is 30.9 Å². The Labute approximate surface area is 84.9 Å². The third-order valence-electron chi connectivity index (χ3n) is 2.06. The van der Waals surface area contributed by atoms with Crippen molar-refractivity contribution in [1.82, 2.24) is 0 Å². The molecule has 13 heavy (non-hydrogen) atoms. The van der Waals surface area contributed by atoms with Gasteiger partial charge in [0.1, 0.15) is 0 Å². The van der Waals surface area contributed by atoms with Gasteiger partial charge in [-0.15, -0.1) is 0 Å². The summed E-state index contributed by atoms with van der Waals surface area (Å²) in [6, 6.07) is 14.3. The van der Waals surface area contributed by atoms with Crippen molar-refractivity contribution in [1.29, 1.82) is 0 Å². The standard InChI is InChI=1S/C11H9NSe/c12-11(13)10-7-3-5-8-4-1-2-6-9(8)10/h1-7H,(H2,12,13). The Balaban J connectivity index is 2.83. The van der Waals surface area contributed by atoms with Crippen molar-refractivity contribution in [2.24, 2.45) is 5.73 Å². The van der Waals surface area contributed by atoms with Gasteiger partial charge in [-0.05, 0) is 0 Å². The first-order chi connectivity index (χ1) is 6.29. The SMILES string of the molecule is NC(=[Se])c1cccc2ccccc12. The number of benzene rings is 2. The van der Waals surface area contributed by atoms with Crippen LogP contribution in [-0.2, 0) is 0 Å². The average molecular weight is 234 g/mol. The molecule has 64 valence electrons. The summed E-state index contributed by atoms with van der Waals surface area (Å²) >= 11 is 2.84. The zero-order valence-electron chi connectivity index (χ0n) is 7.03. The van der Waals surface area contributed by atoms with E-state index in [1.54, 1.807) is 0 Å². The van der Waals surface area contributed by atoms with Gasteiger partial charge in [0, 0.05) is 0 Å². The molecule has 2 rings (SSSR count). The second kappa shape index (κ2) is 3.33. The van der Waals surface area contributed by atoms with Crippen LogP contribution in [0.5, 0.6) is 0 Å². The van der Waals surface area contributed by atoms with E-state index >= 15 is 0 Å². The summed E-state index contributed by atoms with van der Waals surface area (Å²) in [7, 11) is 0. The van der Waals surface area contributed by atoms with Gasteiger partial charge in [0.25, 0.3) is 0 Å². The van der Waals surface area contributed by atoms with Crippen molar-refractivity contribution in [3.05, 3.63) is 48.0 Å². The van der Waals surface area contributed by atoms with Crippen molar-refractivity contribution in [2.45, 2.75) is 0 Å². The molecule has 0 aliphatic carbocycles. The van der Waals surface area contributed by atoms with Crippen LogP contribution in [0.15, 0.2) is 42.5 Å². The van der Waals surface area contributed by atoms with Crippen LogP contribution in [0.1, 0.15) is 5.56 Å². The van der Waals surface area contributed by atoms with Crippen LogP contribution >= 0.6 is 0 Å². The minimum absolute atomic E-state index is 0.747. The van der Waals surface area contributed by atoms with Gasteiger partial charge in [-0.25, -0.2) is 0 Å². The van der Waals surface area contributed by atoms with Crippen molar-refractivity contribution in [3.63, 3.8) is 0 Å². The van der Waals surface area contributed by atoms with Crippen LogP contribution in [-0.4, -0.2) is 20.1 Å². The van der Waals surface area contributed by atoms with Crippen molar-refractivity contribution in [2.75, 3.05) is 0 Å². The van der Waals surface area contributed by atoms with Crippen LogP contribution in [0.2, 0.25) is 0 Å². The minimum atomic E-state index is 0.747. The summed E-state index contributed by atoms with van der Waals surface area (Å²) in [5.74, 6) is 0. The molecule has 0 aliphatic heterocycles. The Hall–Kier alpha value is -1.11. The first-order valence-electron chi connectivity index (χ1n) is 4.06. The van der Waals surface area contributed by atoms with Crippen LogP contribution in [0.4, 0.5) is 0 Å². The van der Waals surface area contributed by atoms with Gasteiger partial charge in [0.05, 0.1) is 0 Å². The van der Waals surface area contributed by atoms with E-state index in [-0.39, 0.29) is 0 Å². The Kier molecular flexibility index (Phi) is 2.17. The molecule has 1 nitrogen and oxygen atoms in total. The van der Waals surface area contributed by atoms with Crippen molar-refractivity contribution in [3.8, 4) is 0 Å². The van der Waals surface area contributed by atoms with E-state index in [9.17, 15) is 0 Å². The summed E-state index contributed by atoms with van der Waals surface area (Å²) in [6.45, 7) is 0. The molecule has 2 aromatic carbocycles. The van der Waals surface area contributed by atoms with Gasteiger partial charge in [0.15, 0.2) is 0 Å². The fourth-order valence-corrected chi connectivity index (χ4v) is 1.81. The summed E-state index contributed by atoms with van der Waals surface area (Å²) in [5.41, 5.74) is 6.82. The topological polar surface area (TPSA) is 26.0 Å². The fourth-order valence-electron chi connectivity index (χ4n) is 1.44. The maximum absolute atomic E-state index is 5.74. The average Bonchev–Trinajstić information content (AvgIpc) is 2.17. The van der Waals surface area contributed by atoms with E-state index in [1.807, 2.05) is 24.3 Å². The summed E-state index contributed by atoms with van der Waals surface area (Å²) < 4.78 is 0.747. The predicted octanol–water partition coefficient (Wildman–Crippen LogP) is 1.44. The van der Waals surface area contributed by atoms with Gasteiger partial charge in [-0.3, -0.25) is 0 Å². The number of nitrogens with two attached hydrogens (primary N) is 1. The zero-order valence-corrected chi connectivity index (χ0v) is 8.74. The molecule has 2 heteroatoms. The number of fused-ring (bicyclic) bond motifs is 1. The third-order valence-corrected chi connectivity index (χ3v) is 2.52. The van der Waals surface area contributed by atoms with E-state index in [0.29, 0.717) is 0 Å². The first kappa shape index (κ1) is 8.49. The second-order valence-corrected chi connectivity index (χ2v) is 3.81. The molecule has 0 heterocycles. The van der Waals surface area contributed by atoms with E-state index in [4.69, 9.17) is 5.73 Å². The van der Waals surface area contributed by atoms with Gasteiger partial charge >= 0.3 is 84.7 Å². The molecule has 0 aliphatic rings. The molecule has 0 saturated heterocycles. The molecule has 0 aromatic heterocycles. The summed E-state index contributed by atoms with van der Waals surface area (Å²) in [6.07, 6.45) is 0. The van der Waals surface area contributed by atoms with E-state index < -0.39 is 0 Å². The third kappa shape index (κ3) is 1.51. The Morgan fingerprint density at radius 2 is 1.69 bits per heavy atom. The van der Waals surface area contributed by atoms with Gasteiger partial charge in [-0.2, -0.15) is 0 Å². The molecule has 0 amide bonds. The Bertz CT molecular complexity index is 457. The van der Waals surface area contributed by atoms with Crippen molar-refractivity contribution < 1.29 is 0 Å². The molecule has 0 fully saturated rings. The van der Waals surface area contributed by atoms with E-state index in [0.717, 1.165) is 10.1 Å². The molecule has 0 radical (unpaired) electrons. The fraction of sp³-hybridized carbons (Fsp3) is 0.